The fourth-order valence-corrected chi connectivity index (χ4v) is 2.50. The van der Waals surface area contributed by atoms with E-state index >= 15 is 0 Å². The van der Waals surface area contributed by atoms with Gasteiger partial charge in [-0.3, -0.25) is 4.79 Å². The third-order valence-corrected chi connectivity index (χ3v) is 3.62. The van der Waals surface area contributed by atoms with Crippen molar-refractivity contribution < 1.29 is 14.7 Å². The molecule has 3 N–H and O–H groups in total. The first-order chi connectivity index (χ1) is 9.00. The molecule has 0 spiro atoms. The second kappa shape index (κ2) is 5.59. The summed E-state index contributed by atoms with van der Waals surface area (Å²) >= 11 is 5.85. The van der Waals surface area contributed by atoms with Crippen molar-refractivity contribution in [2.45, 2.75) is 19.4 Å². The third-order valence-electron chi connectivity index (χ3n) is 3.30. The highest BCUT2D eigenvalue weighted by Gasteiger charge is 2.30. The summed E-state index contributed by atoms with van der Waals surface area (Å²) in [4.78, 5) is 23.3. The summed E-state index contributed by atoms with van der Waals surface area (Å²) in [5.41, 5.74) is 0.147. The molecule has 2 rings (SSSR count). The van der Waals surface area contributed by atoms with Crippen LogP contribution in [0, 0.1) is 5.92 Å². The van der Waals surface area contributed by atoms with Gasteiger partial charge in [0.05, 0.1) is 16.8 Å². The van der Waals surface area contributed by atoms with Crippen molar-refractivity contribution in [2.24, 2.45) is 5.92 Å². The van der Waals surface area contributed by atoms with Crippen LogP contribution in [0.3, 0.4) is 0 Å². The van der Waals surface area contributed by atoms with E-state index in [4.69, 9.17) is 16.7 Å². The van der Waals surface area contributed by atoms with Gasteiger partial charge in [0, 0.05) is 0 Å². The van der Waals surface area contributed by atoms with Crippen LogP contribution < -0.4 is 10.6 Å². The number of hydrogen-bond donors (Lipinski definition) is 3. The van der Waals surface area contributed by atoms with Gasteiger partial charge in [0.2, 0.25) is 5.91 Å². The summed E-state index contributed by atoms with van der Waals surface area (Å²) in [5, 5.41) is 15.0. The number of hydrogen-bond acceptors (Lipinski definition) is 3. The quantitative estimate of drug-likeness (QED) is 0.792. The van der Waals surface area contributed by atoms with E-state index in [-0.39, 0.29) is 34.1 Å². The Bertz CT molecular complexity index is 519. The van der Waals surface area contributed by atoms with Gasteiger partial charge in [-0.05, 0) is 31.0 Å². The molecular weight excluding hydrogens is 268 g/mol. The van der Waals surface area contributed by atoms with Gasteiger partial charge in [-0.25, -0.2) is 4.79 Å². The highest BCUT2D eigenvalue weighted by molar-refractivity contribution is 6.34. The van der Waals surface area contributed by atoms with Crippen LogP contribution in [0.1, 0.15) is 23.7 Å². The zero-order valence-corrected chi connectivity index (χ0v) is 11.2. The van der Waals surface area contributed by atoms with Crippen LogP contribution in [0.4, 0.5) is 5.69 Å². The minimum Gasteiger partial charge on any atom is -0.478 e. The summed E-state index contributed by atoms with van der Waals surface area (Å²) < 4.78 is 0. The Balaban J connectivity index is 2.21. The van der Waals surface area contributed by atoms with Gasteiger partial charge >= 0.3 is 5.97 Å². The Hall–Kier alpha value is -1.59. The first-order valence-corrected chi connectivity index (χ1v) is 6.44. The lowest BCUT2D eigenvalue weighted by molar-refractivity contribution is -0.118. The molecule has 1 aromatic carbocycles. The van der Waals surface area contributed by atoms with Gasteiger partial charge in [-0.1, -0.05) is 24.6 Å². The fourth-order valence-electron chi connectivity index (χ4n) is 2.24. The van der Waals surface area contributed by atoms with E-state index in [9.17, 15) is 9.59 Å². The number of halogens is 1. The monoisotopic (exact) mass is 282 g/mol. The molecule has 0 radical (unpaired) electrons. The number of rotatable bonds is 3. The summed E-state index contributed by atoms with van der Waals surface area (Å²) in [6.45, 7) is 2.78. The molecule has 1 saturated heterocycles. The molecule has 1 heterocycles. The van der Waals surface area contributed by atoms with Gasteiger partial charge in [-0.2, -0.15) is 0 Å². The Labute approximate surface area is 116 Å². The predicted molar refractivity (Wildman–Crippen MR) is 72.6 cm³/mol. The van der Waals surface area contributed by atoms with E-state index in [1.54, 1.807) is 6.07 Å². The molecule has 1 amide bonds. The van der Waals surface area contributed by atoms with Crippen LogP contribution in [0.25, 0.3) is 0 Å². The summed E-state index contributed by atoms with van der Waals surface area (Å²) in [6, 6.07) is 4.33. The van der Waals surface area contributed by atoms with Gasteiger partial charge in [-0.15, -0.1) is 0 Å². The van der Waals surface area contributed by atoms with Crippen molar-refractivity contribution in [3.8, 4) is 0 Å². The molecule has 0 bridgehead atoms. The minimum atomic E-state index is -1.16. The first kappa shape index (κ1) is 13.8. The Morgan fingerprint density at radius 1 is 1.47 bits per heavy atom. The highest BCUT2D eigenvalue weighted by atomic mass is 35.5. The smallest absolute Gasteiger partial charge is 0.339 e. The lowest BCUT2D eigenvalue weighted by Gasteiger charge is -2.16. The van der Waals surface area contributed by atoms with Crippen LogP contribution in [-0.4, -0.2) is 29.6 Å². The molecule has 6 heteroatoms. The zero-order valence-electron chi connectivity index (χ0n) is 10.4. The molecule has 19 heavy (non-hydrogen) atoms. The van der Waals surface area contributed by atoms with Crippen molar-refractivity contribution >= 4 is 29.2 Å². The predicted octanol–water partition coefficient (Wildman–Crippen LogP) is 1.97. The van der Waals surface area contributed by atoms with Gasteiger partial charge in [0.1, 0.15) is 5.56 Å². The van der Waals surface area contributed by atoms with E-state index in [0.29, 0.717) is 0 Å². The van der Waals surface area contributed by atoms with Crippen molar-refractivity contribution in [2.75, 3.05) is 11.9 Å². The normalized spacial score (nSPS) is 22.2. The van der Waals surface area contributed by atoms with Gasteiger partial charge in [0.25, 0.3) is 0 Å². The Morgan fingerprint density at radius 3 is 2.79 bits per heavy atom. The summed E-state index contributed by atoms with van der Waals surface area (Å²) in [6.07, 6.45) is 0.930. The van der Waals surface area contributed by atoms with Crippen molar-refractivity contribution in [3.05, 3.63) is 28.8 Å². The molecule has 1 aliphatic heterocycles. The third kappa shape index (κ3) is 2.88. The van der Waals surface area contributed by atoms with E-state index in [0.717, 1.165) is 13.0 Å². The molecule has 2 unspecified atom stereocenters. The van der Waals surface area contributed by atoms with Crippen LogP contribution in [0.15, 0.2) is 18.2 Å². The molecule has 1 fully saturated rings. The number of aromatic carboxylic acids is 1. The van der Waals surface area contributed by atoms with Crippen molar-refractivity contribution in [3.63, 3.8) is 0 Å². The number of anilines is 1. The molecule has 1 aromatic rings. The molecule has 102 valence electrons. The van der Waals surface area contributed by atoms with Crippen molar-refractivity contribution in [1.82, 2.24) is 5.32 Å². The topological polar surface area (TPSA) is 78.4 Å². The minimum absolute atomic E-state index is 0.0804. The molecule has 0 aromatic heterocycles. The summed E-state index contributed by atoms with van der Waals surface area (Å²) in [7, 11) is 0. The average Bonchev–Trinajstić information content (AvgIpc) is 2.75. The lowest BCUT2D eigenvalue weighted by atomic mass is 10.0. The first-order valence-electron chi connectivity index (χ1n) is 6.06. The average molecular weight is 283 g/mol. The number of carboxylic acid groups (broad SMARTS) is 1. The van der Waals surface area contributed by atoms with Crippen molar-refractivity contribution in [1.29, 1.82) is 0 Å². The maximum Gasteiger partial charge on any atom is 0.339 e. The number of carbonyl (C=O) groups is 2. The molecule has 1 aliphatic rings. The number of carbonyl (C=O) groups excluding carboxylic acids is 1. The second-order valence-electron chi connectivity index (χ2n) is 4.65. The second-order valence-corrected chi connectivity index (χ2v) is 5.06. The van der Waals surface area contributed by atoms with E-state index in [1.807, 2.05) is 6.92 Å². The van der Waals surface area contributed by atoms with E-state index < -0.39 is 5.97 Å². The SMILES string of the molecule is CC1CCNC1C(=O)Nc1cccc(Cl)c1C(=O)O. The number of benzene rings is 1. The number of carboxylic acids is 1. The van der Waals surface area contributed by atoms with Crippen LogP contribution in [0.2, 0.25) is 5.02 Å². The van der Waals surface area contributed by atoms with E-state index in [1.165, 1.54) is 12.1 Å². The molecular formula is C13H15ClN2O3. The Kier molecular flexibility index (Phi) is 4.07. The van der Waals surface area contributed by atoms with Gasteiger partial charge in [0.15, 0.2) is 0 Å². The number of amides is 1. The summed E-state index contributed by atoms with van der Waals surface area (Å²) in [5.74, 6) is -1.16. The maximum absolute atomic E-state index is 12.1. The van der Waals surface area contributed by atoms with Gasteiger partial charge < -0.3 is 15.7 Å². The van der Waals surface area contributed by atoms with Crippen LogP contribution in [-0.2, 0) is 4.79 Å². The lowest BCUT2D eigenvalue weighted by Crippen LogP contribution is -2.39. The zero-order chi connectivity index (χ0) is 14.0. The van der Waals surface area contributed by atoms with Crippen LogP contribution in [0.5, 0.6) is 0 Å². The largest absolute Gasteiger partial charge is 0.478 e. The van der Waals surface area contributed by atoms with E-state index in [2.05, 4.69) is 10.6 Å². The number of nitrogens with one attached hydrogen (secondary N) is 2. The Morgan fingerprint density at radius 2 is 2.21 bits per heavy atom. The standard InChI is InChI=1S/C13H15ClN2O3/c1-7-5-6-15-11(7)12(17)16-9-4-2-3-8(14)10(9)13(18)19/h2-4,7,11,15H,5-6H2,1H3,(H,16,17)(H,18,19). The van der Waals surface area contributed by atoms with Crippen LogP contribution >= 0.6 is 11.6 Å². The molecule has 2 atom stereocenters. The molecule has 0 aliphatic carbocycles. The molecule has 0 saturated carbocycles. The highest BCUT2D eigenvalue weighted by Crippen LogP contribution is 2.25. The molecule has 5 nitrogen and oxygen atoms in total. The fraction of sp³-hybridized carbons (Fsp3) is 0.385. The maximum atomic E-state index is 12.1.